The molecule has 1 aromatic carbocycles. The molecule has 0 saturated heterocycles. The van der Waals surface area contributed by atoms with Crippen LogP contribution in [0, 0.1) is 10.7 Å². The van der Waals surface area contributed by atoms with E-state index in [-0.39, 0.29) is 44.6 Å². The number of hydrogen-bond donors (Lipinski definition) is 3. The summed E-state index contributed by atoms with van der Waals surface area (Å²) in [6, 6.07) is 4.37. The molecule has 11 nitrogen and oxygen atoms in total. The number of carbonyl (C=O) groups is 2. The first-order valence-corrected chi connectivity index (χ1v) is 10.3. The molecule has 0 aliphatic carbocycles. The third-order valence-electron chi connectivity index (χ3n) is 3.60. The number of nitrogens with one attached hydrogen (secondary N) is 1. The number of nitrogens with zero attached hydrogens (tertiary/aromatic N) is 4. The number of ether oxygens (including phenoxy) is 1. The first-order valence-electron chi connectivity index (χ1n) is 8.05. The third kappa shape index (κ3) is 3.46. The van der Waals surface area contributed by atoms with Gasteiger partial charge in [0.25, 0.3) is 0 Å². The summed E-state index contributed by atoms with van der Waals surface area (Å²) in [7, 11) is -3.89. The molecule has 0 spiro atoms. The van der Waals surface area contributed by atoms with Gasteiger partial charge in [0, 0.05) is 6.92 Å². The number of fused-ring (bicyclic) bond motifs is 1. The van der Waals surface area contributed by atoms with Crippen LogP contribution in [-0.2, 0) is 19.5 Å². The second-order valence-corrected chi connectivity index (χ2v) is 8.65. The normalized spacial score (nSPS) is 13.3. The molecule has 3 rings (SSSR count). The zero-order valence-electron chi connectivity index (χ0n) is 15.2. The quantitative estimate of drug-likeness (QED) is 0.415. The molecule has 1 atom stereocenters. The van der Waals surface area contributed by atoms with E-state index >= 15 is 0 Å². The molecule has 28 heavy (non-hydrogen) atoms. The molecular weight excluding hydrogens is 408 g/mol. The number of rotatable bonds is 4. The van der Waals surface area contributed by atoms with Crippen molar-refractivity contribution < 1.29 is 23.1 Å². The molecule has 3 aromatic rings. The summed E-state index contributed by atoms with van der Waals surface area (Å²) >= 11 is 0.795. The maximum atomic E-state index is 13.3. The fraction of sp³-hybridized carbons (Fsp3) is 0.267. The van der Waals surface area contributed by atoms with Crippen LogP contribution < -0.4 is 11.2 Å². The summed E-state index contributed by atoms with van der Waals surface area (Å²) in [6.07, 6.45) is 0. The van der Waals surface area contributed by atoms with Crippen molar-refractivity contribution in [2.45, 2.75) is 20.8 Å². The van der Waals surface area contributed by atoms with Crippen LogP contribution in [0.15, 0.2) is 18.2 Å². The molecule has 0 fully saturated rings. The third-order valence-corrected chi connectivity index (χ3v) is 6.94. The Hall–Kier alpha value is -2.90. The van der Waals surface area contributed by atoms with E-state index < -0.39 is 16.0 Å². The van der Waals surface area contributed by atoms with Gasteiger partial charge in [-0.15, -0.1) is 9.28 Å². The standard InChI is InChI=1S/C15H18N6O5S2/c1-4-26-13(23)10-5-6-12-11(7-10)17-15(16)20(12)28(24,25)14-8(2)18-21(27-14)19-9(3)22/h5-7H,4H2,1-3H3,(H2,16,17)(H,19,22)(H,24,25). The monoisotopic (exact) mass is 426 g/mol. The molecule has 150 valence electrons. The highest BCUT2D eigenvalue weighted by atomic mass is 32.2. The van der Waals surface area contributed by atoms with Crippen LogP contribution in [-0.4, -0.2) is 45.5 Å². The minimum absolute atomic E-state index is 0.00159. The largest absolute Gasteiger partial charge is 0.462 e. The number of amides is 1. The lowest BCUT2D eigenvalue weighted by Gasteiger charge is -2.08. The average Bonchev–Trinajstić information content (AvgIpc) is 3.13. The molecule has 1 unspecified atom stereocenters. The van der Waals surface area contributed by atoms with Crippen LogP contribution in [0.3, 0.4) is 0 Å². The lowest BCUT2D eigenvalue weighted by Crippen LogP contribution is -2.18. The Kier molecular flexibility index (Phi) is 5.14. The van der Waals surface area contributed by atoms with Gasteiger partial charge in [0.15, 0.2) is 13.8 Å². The molecule has 0 bridgehead atoms. The van der Waals surface area contributed by atoms with E-state index in [0.29, 0.717) is 0 Å². The lowest BCUT2D eigenvalue weighted by atomic mass is 10.2. The van der Waals surface area contributed by atoms with Crippen molar-refractivity contribution in [3.8, 4) is 0 Å². The number of carbonyl (C=O) groups excluding carboxylic acids is 2. The van der Waals surface area contributed by atoms with E-state index in [0.717, 1.165) is 19.7 Å². The van der Waals surface area contributed by atoms with E-state index in [9.17, 15) is 18.4 Å². The highest BCUT2D eigenvalue weighted by molar-refractivity contribution is 7.90. The van der Waals surface area contributed by atoms with E-state index in [1.807, 2.05) is 0 Å². The van der Waals surface area contributed by atoms with Crippen LogP contribution in [0.4, 0.5) is 5.95 Å². The van der Waals surface area contributed by atoms with Crippen LogP contribution in [0.1, 0.15) is 29.9 Å². The van der Waals surface area contributed by atoms with Gasteiger partial charge in [-0.1, -0.05) is 0 Å². The number of anilines is 1. The Labute approximate surface area is 163 Å². The van der Waals surface area contributed by atoms with Crippen molar-refractivity contribution in [2.24, 2.45) is 0 Å². The van der Waals surface area contributed by atoms with E-state index in [1.54, 1.807) is 6.92 Å². The molecule has 2 heterocycles. The second-order valence-electron chi connectivity index (χ2n) is 5.69. The Morgan fingerprint density at radius 2 is 2.14 bits per heavy atom. The van der Waals surface area contributed by atoms with Crippen molar-refractivity contribution in [3.63, 3.8) is 0 Å². The SMILES string of the molecule is CCOC(=O)c1ccc2c(c1)nc(N)n2S(=O)(O)=c1sn(NC(C)=O)nc1C. The van der Waals surface area contributed by atoms with Crippen molar-refractivity contribution in [3.05, 3.63) is 33.3 Å². The summed E-state index contributed by atoms with van der Waals surface area (Å²) in [4.78, 5) is 27.2. The predicted octanol–water partition coefficient (Wildman–Crippen LogP) is 1.20. The van der Waals surface area contributed by atoms with Crippen LogP contribution in [0.5, 0.6) is 0 Å². The van der Waals surface area contributed by atoms with Gasteiger partial charge in [0.1, 0.15) is 0 Å². The van der Waals surface area contributed by atoms with Gasteiger partial charge in [-0.05, 0) is 43.6 Å². The number of nitrogen functional groups attached to an aromatic ring is 1. The highest BCUT2D eigenvalue weighted by Crippen LogP contribution is 2.24. The maximum absolute atomic E-state index is 13.3. The van der Waals surface area contributed by atoms with E-state index in [1.165, 1.54) is 32.0 Å². The number of benzene rings is 1. The van der Waals surface area contributed by atoms with Gasteiger partial charge < -0.3 is 10.5 Å². The van der Waals surface area contributed by atoms with Gasteiger partial charge in [-0.2, -0.15) is 0 Å². The van der Waals surface area contributed by atoms with E-state index in [2.05, 4.69) is 15.5 Å². The first kappa shape index (κ1) is 19.9. The topological polar surface area (TPSA) is 154 Å². The van der Waals surface area contributed by atoms with Crippen LogP contribution in [0.25, 0.3) is 11.0 Å². The number of aryl methyl sites for hydroxylation is 1. The van der Waals surface area contributed by atoms with Gasteiger partial charge in [0.2, 0.25) is 11.9 Å². The Bertz CT molecular complexity index is 1250. The van der Waals surface area contributed by atoms with Crippen molar-refractivity contribution in [1.29, 1.82) is 0 Å². The zero-order valence-corrected chi connectivity index (χ0v) is 16.8. The molecule has 2 aromatic heterocycles. The summed E-state index contributed by atoms with van der Waals surface area (Å²) in [5, 5.41) is 4.02. The average molecular weight is 426 g/mol. The van der Waals surface area contributed by atoms with E-state index in [4.69, 9.17) is 10.5 Å². The van der Waals surface area contributed by atoms with Gasteiger partial charge in [-0.3, -0.25) is 9.35 Å². The summed E-state index contributed by atoms with van der Waals surface area (Å²) in [5.41, 5.74) is 9.33. The first-order chi connectivity index (χ1) is 13.1. The molecular formula is C15H18N6O5S2. The van der Waals surface area contributed by atoms with Crippen LogP contribution in [0.2, 0.25) is 0 Å². The van der Waals surface area contributed by atoms with Crippen LogP contribution >= 0.6 is 11.5 Å². The van der Waals surface area contributed by atoms with Gasteiger partial charge >= 0.3 is 5.97 Å². The Balaban J connectivity index is 2.24. The molecule has 4 N–H and O–H groups in total. The molecule has 0 aliphatic rings. The number of aromatic nitrogens is 4. The minimum Gasteiger partial charge on any atom is -0.462 e. The van der Waals surface area contributed by atoms with Crippen molar-refractivity contribution in [1.82, 2.24) is 18.2 Å². The number of esters is 1. The molecule has 0 aliphatic heterocycles. The molecule has 13 heteroatoms. The summed E-state index contributed by atoms with van der Waals surface area (Å²) < 4.78 is 31.1. The van der Waals surface area contributed by atoms with Crippen molar-refractivity contribution in [2.75, 3.05) is 17.8 Å². The molecule has 0 saturated carbocycles. The Morgan fingerprint density at radius 1 is 1.43 bits per heavy atom. The number of imidazole rings is 1. The minimum atomic E-state index is -3.89. The van der Waals surface area contributed by atoms with Gasteiger partial charge in [-0.25, -0.2) is 23.4 Å². The summed E-state index contributed by atoms with van der Waals surface area (Å²) in [5.74, 6) is -1.12. The van der Waals surface area contributed by atoms with Crippen molar-refractivity contribution >= 4 is 50.4 Å². The van der Waals surface area contributed by atoms with Gasteiger partial charge in [0.05, 0.1) is 28.9 Å². The number of hydrogen-bond acceptors (Lipinski definition) is 8. The number of nitrogens with two attached hydrogens (primary N) is 1. The molecule has 0 radical (unpaired) electrons. The lowest BCUT2D eigenvalue weighted by molar-refractivity contribution is -0.115. The Morgan fingerprint density at radius 3 is 2.79 bits per heavy atom. The fourth-order valence-electron chi connectivity index (χ4n) is 2.53. The molecule has 1 amide bonds. The maximum Gasteiger partial charge on any atom is 0.338 e. The second kappa shape index (κ2) is 7.26. The zero-order chi connectivity index (χ0) is 20.6. The fourth-order valence-corrected chi connectivity index (χ4v) is 5.33. The summed E-state index contributed by atoms with van der Waals surface area (Å²) in [6.45, 7) is 4.74. The highest BCUT2D eigenvalue weighted by Gasteiger charge is 2.21. The predicted molar refractivity (Wildman–Crippen MR) is 104 cm³/mol. The smallest absolute Gasteiger partial charge is 0.338 e.